The molecule has 0 radical (unpaired) electrons. The van der Waals surface area contributed by atoms with Gasteiger partial charge in [0.1, 0.15) is 0 Å². The van der Waals surface area contributed by atoms with Crippen LogP contribution in [0.5, 0.6) is 0 Å². The maximum absolute atomic E-state index is 6.40. The van der Waals surface area contributed by atoms with Gasteiger partial charge < -0.3 is 10.2 Å². The molecule has 1 aromatic heterocycles. The van der Waals surface area contributed by atoms with Crippen molar-refractivity contribution in [2.24, 2.45) is 0 Å². The third-order valence-electron chi connectivity index (χ3n) is 4.66. The second-order valence-corrected chi connectivity index (χ2v) is 7.16. The topological polar surface area (TPSA) is 53.9 Å². The predicted molar refractivity (Wildman–Crippen MR) is 106 cm³/mol. The number of halogens is 1. The van der Waals surface area contributed by atoms with E-state index in [1.807, 2.05) is 26.0 Å². The van der Waals surface area contributed by atoms with Crippen molar-refractivity contribution in [3.8, 4) is 0 Å². The lowest BCUT2D eigenvalue weighted by Crippen LogP contribution is -2.26. The van der Waals surface area contributed by atoms with Gasteiger partial charge in [-0.1, -0.05) is 35.9 Å². The van der Waals surface area contributed by atoms with E-state index in [1.165, 1.54) is 5.56 Å². The lowest BCUT2D eigenvalue weighted by atomic mass is 10.1. The highest BCUT2D eigenvalue weighted by molar-refractivity contribution is 6.33. The van der Waals surface area contributed by atoms with E-state index in [1.54, 1.807) is 6.20 Å². The number of hydrogen-bond acceptors (Lipinski definition) is 5. The third kappa shape index (κ3) is 2.99. The van der Waals surface area contributed by atoms with E-state index in [2.05, 4.69) is 56.6 Å². The van der Waals surface area contributed by atoms with Gasteiger partial charge >= 0.3 is 0 Å². The van der Waals surface area contributed by atoms with E-state index < -0.39 is 0 Å². The van der Waals surface area contributed by atoms with E-state index in [-0.39, 0.29) is 6.04 Å². The number of aryl methyl sites for hydroxylation is 2. The molecular weight excluding hydrogens is 346 g/mol. The Bertz CT molecular complexity index is 949. The van der Waals surface area contributed by atoms with Crippen molar-refractivity contribution in [3.63, 3.8) is 0 Å². The second-order valence-electron chi connectivity index (χ2n) is 6.76. The predicted octanol–water partition coefficient (Wildman–Crippen LogP) is 4.97. The van der Waals surface area contributed by atoms with Crippen LogP contribution in [0.4, 0.5) is 23.1 Å². The SMILES string of the molecule is Cc1cc(C)c(Nc2cnnc(N3c4ccccc4CC3C)n2)c(Cl)c1. The largest absolute Gasteiger partial charge is 0.337 e. The van der Waals surface area contributed by atoms with Crippen molar-refractivity contribution in [3.05, 3.63) is 64.3 Å². The van der Waals surface area contributed by atoms with E-state index in [0.29, 0.717) is 16.8 Å². The molecule has 2 heterocycles. The average Bonchev–Trinajstić information content (AvgIpc) is 2.94. The minimum absolute atomic E-state index is 0.286. The first-order valence-electron chi connectivity index (χ1n) is 8.63. The minimum atomic E-state index is 0.286. The van der Waals surface area contributed by atoms with Gasteiger partial charge in [0.2, 0.25) is 0 Å². The van der Waals surface area contributed by atoms with E-state index in [9.17, 15) is 0 Å². The van der Waals surface area contributed by atoms with Gasteiger partial charge in [-0.05, 0) is 56.0 Å². The van der Waals surface area contributed by atoms with Crippen molar-refractivity contribution in [2.75, 3.05) is 10.2 Å². The third-order valence-corrected chi connectivity index (χ3v) is 4.95. The molecule has 0 amide bonds. The first kappa shape index (κ1) is 16.8. The number of nitrogens with zero attached hydrogens (tertiary/aromatic N) is 4. The standard InChI is InChI=1S/C20H20ClN5/c1-12-8-13(2)19(16(21)9-12)23-18-11-22-25-20(24-18)26-14(3)10-15-6-4-5-7-17(15)26/h4-9,11,14H,10H2,1-3H3,(H,23,24,25). The maximum Gasteiger partial charge on any atom is 0.252 e. The number of aromatic nitrogens is 3. The van der Waals surface area contributed by atoms with Gasteiger partial charge in [-0.2, -0.15) is 10.1 Å². The molecule has 0 bridgehead atoms. The van der Waals surface area contributed by atoms with Gasteiger partial charge in [0.25, 0.3) is 5.95 Å². The first-order chi connectivity index (χ1) is 12.5. The van der Waals surface area contributed by atoms with Crippen LogP contribution in [-0.2, 0) is 6.42 Å². The van der Waals surface area contributed by atoms with E-state index in [4.69, 9.17) is 11.6 Å². The fourth-order valence-corrected chi connectivity index (χ4v) is 3.90. The number of fused-ring (bicyclic) bond motifs is 1. The van der Waals surface area contributed by atoms with Gasteiger partial charge in [0, 0.05) is 11.7 Å². The molecule has 132 valence electrons. The molecule has 0 aliphatic carbocycles. The van der Waals surface area contributed by atoms with Crippen LogP contribution >= 0.6 is 11.6 Å². The molecule has 0 fully saturated rings. The quantitative estimate of drug-likeness (QED) is 0.710. The Kier molecular flexibility index (Phi) is 4.24. The van der Waals surface area contributed by atoms with Crippen LogP contribution in [0.1, 0.15) is 23.6 Å². The van der Waals surface area contributed by atoms with E-state index in [0.717, 1.165) is 28.9 Å². The highest BCUT2D eigenvalue weighted by Crippen LogP contribution is 2.36. The summed E-state index contributed by atoms with van der Waals surface area (Å²) in [5, 5.41) is 12.4. The fraction of sp³-hybridized carbons (Fsp3) is 0.250. The fourth-order valence-electron chi connectivity index (χ4n) is 3.53. The zero-order valence-electron chi connectivity index (χ0n) is 15.0. The summed E-state index contributed by atoms with van der Waals surface area (Å²) in [5.74, 6) is 1.22. The summed E-state index contributed by atoms with van der Waals surface area (Å²) in [6.07, 6.45) is 2.59. The highest BCUT2D eigenvalue weighted by Gasteiger charge is 2.29. The number of benzene rings is 2. The van der Waals surface area contributed by atoms with Crippen LogP contribution in [0.2, 0.25) is 5.02 Å². The van der Waals surface area contributed by atoms with Crippen LogP contribution in [0.3, 0.4) is 0 Å². The summed E-state index contributed by atoms with van der Waals surface area (Å²) in [7, 11) is 0. The summed E-state index contributed by atoms with van der Waals surface area (Å²) in [6, 6.07) is 12.7. The number of rotatable bonds is 3. The monoisotopic (exact) mass is 365 g/mol. The molecule has 0 spiro atoms. The Balaban J connectivity index is 1.68. The molecular formula is C20H20ClN5. The first-order valence-corrected chi connectivity index (χ1v) is 9.01. The lowest BCUT2D eigenvalue weighted by molar-refractivity contribution is 0.730. The Labute approximate surface area is 158 Å². The van der Waals surface area contributed by atoms with Gasteiger partial charge in [-0.15, -0.1) is 5.10 Å². The molecule has 1 atom stereocenters. The maximum atomic E-state index is 6.40. The molecule has 1 unspecified atom stereocenters. The lowest BCUT2D eigenvalue weighted by Gasteiger charge is -2.22. The average molecular weight is 366 g/mol. The molecule has 5 nitrogen and oxygen atoms in total. The van der Waals surface area contributed by atoms with E-state index >= 15 is 0 Å². The Hall–Kier alpha value is -2.66. The molecule has 2 aromatic carbocycles. The molecule has 1 N–H and O–H groups in total. The van der Waals surface area contributed by atoms with Gasteiger partial charge in [-0.3, -0.25) is 0 Å². The Morgan fingerprint density at radius 2 is 2.00 bits per heavy atom. The molecule has 4 rings (SSSR count). The Morgan fingerprint density at radius 1 is 1.19 bits per heavy atom. The van der Waals surface area contributed by atoms with Crippen LogP contribution in [0.25, 0.3) is 0 Å². The molecule has 1 aliphatic rings. The number of hydrogen-bond donors (Lipinski definition) is 1. The normalized spacial score (nSPS) is 15.8. The Morgan fingerprint density at radius 3 is 2.81 bits per heavy atom. The van der Waals surface area contributed by atoms with Crippen LogP contribution in [0.15, 0.2) is 42.6 Å². The van der Waals surface area contributed by atoms with Crippen molar-refractivity contribution in [1.29, 1.82) is 0 Å². The summed E-state index contributed by atoms with van der Waals surface area (Å²) < 4.78 is 0. The molecule has 3 aromatic rings. The molecule has 0 saturated carbocycles. The van der Waals surface area contributed by atoms with Crippen LogP contribution < -0.4 is 10.2 Å². The number of anilines is 4. The second kappa shape index (κ2) is 6.57. The summed E-state index contributed by atoms with van der Waals surface area (Å²) in [6.45, 7) is 6.22. The van der Waals surface area contributed by atoms with Crippen LogP contribution in [-0.4, -0.2) is 21.2 Å². The number of para-hydroxylation sites is 1. The molecule has 0 saturated heterocycles. The molecule has 1 aliphatic heterocycles. The van der Waals surface area contributed by atoms with Crippen molar-refractivity contribution < 1.29 is 0 Å². The minimum Gasteiger partial charge on any atom is -0.337 e. The van der Waals surface area contributed by atoms with Gasteiger partial charge in [0.05, 0.1) is 16.9 Å². The van der Waals surface area contributed by atoms with Crippen molar-refractivity contribution in [2.45, 2.75) is 33.2 Å². The zero-order valence-corrected chi connectivity index (χ0v) is 15.7. The van der Waals surface area contributed by atoms with Gasteiger partial charge in [-0.25, -0.2) is 0 Å². The van der Waals surface area contributed by atoms with Crippen LogP contribution in [0, 0.1) is 13.8 Å². The highest BCUT2D eigenvalue weighted by atomic mass is 35.5. The summed E-state index contributed by atoms with van der Waals surface area (Å²) in [4.78, 5) is 6.82. The molecule has 26 heavy (non-hydrogen) atoms. The smallest absolute Gasteiger partial charge is 0.252 e. The molecule has 6 heteroatoms. The summed E-state index contributed by atoms with van der Waals surface area (Å²) >= 11 is 6.40. The van der Waals surface area contributed by atoms with Crippen molar-refractivity contribution in [1.82, 2.24) is 15.2 Å². The van der Waals surface area contributed by atoms with Gasteiger partial charge in [0.15, 0.2) is 5.82 Å². The van der Waals surface area contributed by atoms with Crippen molar-refractivity contribution >= 4 is 34.7 Å². The summed E-state index contributed by atoms with van der Waals surface area (Å²) in [5.41, 5.74) is 5.48. The zero-order chi connectivity index (χ0) is 18.3. The number of nitrogens with one attached hydrogen (secondary N) is 1.